The number of rotatable bonds is 5. The second-order valence-electron chi connectivity index (χ2n) is 9.51. The number of benzene rings is 6. The molecule has 6 rings (SSSR count). The van der Waals surface area contributed by atoms with Crippen molar-refractivity contribution >= 4 is 0 Å². The van der Waals surface area contributed by atoms with E-state index in [0.717, 1.165) is 22.3 Å². The van der Waals surface area contributed by atoms with Crippen LogP contribution in [-0.4, -0.2) is 5.11 Å². The van der Waals surface area contributed by atoms with E-state index in [-0.39, 0.29) is 5.75 Å². The van der Waals surface area contributed by atoms with Gasteiger partial charge < -0.3 is 5.11 Å². The van der Waals surface area contributed by atoms with Crippen LogP contribution in [-0.2, 0) is 0 Å². The zero-order valence-electron chi connectivity index (χ0n) is 21.3. The van der Waals surface area contributed by atoms with Gasteiger partial charge in [-0.15, -0.1) is 0 Å². The Bertz CT molecular complexity index is 1690. The number of aromatic hydroxyl groups is 1. The van der Waals surface area contributed by atoms with Crippen LogP contribution in [0.15, 0.2) is 146 Å². The molecule has 182 valence electrons. The molecule has 0 aliphatic rings. The molecule has 0 spiro atoms. The molecule has 0 atom stereocenters. The molecule has 0 aromatic heterocycles. The second kappa shape index (κ2) is 10.2. The molecule has 0 aliphatic carbocycles. The van der Waals surface area contributed by atoms with Crippen molar-refractivity contribution < 1.29 is 5.11 Å². The zero-order valence-corrected chi connectivity index (χ0v) is 21.3. The summed E-state index contributed by atoms with van der Waals surface area (Å²) in [4.78, 5) is 0. The lowest BCUT2D eigenvalue weighted by Gasteiger charge is -2.27. The van der Waals surface area contributed by atoms with E-state index in [1.165, 1.54) is 38.9 Å². The van der Waals surface area contributed by atoms with E-state index in [1.54, 1.807) is 6.07 Å². The normalized spacial score (nSPS) is 10.9. The van der Waals surface area contributed by atoms with Crippen molar-refractivity contribution in [3.63, 3.8) is 0 Å². The Morgan fingerprint density at radius 2 is 0.658 bits per heavy atom. The van der Waals surface area contributed by atoms with Crippen molar-refractivity contribution in [2.45, 2.75) is 6.92 Å². The standard InChI is InChI=1S/C37H28O/c1-26-33(27-15-6-2-7-16-27)35(28-17-8-3-9-18-28)37(30-21-12-5-13-22-30)36(29-19-10-4-11-20-29)34(26)31-23-14-24-32(38)25-31/h2-25,38H,1H3. The van der Waals surface area contributed by atoms with Gasteiger partial charge in [-0.2, -0.15) is 0 Å². The first kappa shape index (κ1) is 23.5. The largest absolute Gasteiger partial charge is 0.508 e. The van der Waals surface area contributed by atoms with Crippen LogP contribution in [0.25, 0.3) is 55.6 Å². The fourth-order valence-corrected chi connectivity index (χ4v) is 5.54. The van der Waals surface area contributed by atoms with Gasteiger partial charge in [-0.05, 0) is 80.3 Å². The molecule has 0 amide bonds. The first-order chi connectivity index (χ1) is 18.7. The summed E-state index contributed by atoms with van der Waals surface area (Å²) in [7, 11) is 0. The maximum atomic E-state index is 10.5. The highest BCUT2D eigenvalue weighted by Gasteiger charge is 2.26. The van der Waals surface area contributed by atoms with E-state index in [9.17, 15) is 5.11 Å². The Morgan fingerprint density at radius 1 is 0.342 bits per heavy atom. The molecule has 38 heavy (non-hydrogen) atoms. The van der Waals surface area contributed by atoms with Crippen LogP contribution in [0.5, 0.6) is 5.75 Å². The van der Waals surface area contributed by atoms with Crippen molar-refractivity contribution in [1.82, 2.24) is 0 Å². The number of phenolic OH excluding ortho intramolecular Hbond substituents is 1. The lowest BCUT2D eigenvalue weighted by atomic mass is 9.76. The smallest absolute Gasteiger partial charge is 0.116 e. The van der Waals surface area contributed by atoms with Gasteiger partial charge in [0.15, 0.2) is 0 Å². The van der Waals surface area contributed by atoms with Gasteiger partial charge >= 0.3 is 0 Å². The maximum absolute atomic E-state index is 10.5. The minimum Gasteiger partial charge on any atom is -0.508 e. The molecule has 6 aromatic carbocycles. The predicted octanol–water partition coefficient (Wildman–Crippen LogP) is 10.0. The van der Waals surface area contributed by atoms with Gasteiger partial charge in [0.2, 0.25) is 0 Å². The molecule has 0 bridgehead atoms. The molecule has 0 saturated heterocycles. The summed E-state index contributed by atoms with van der Waals surface area (Å²) in [5.41, 5.74) is 12.7. The Balaban J connectivity index is 1.89. The summed E-state index contributed by atoms with van der Waals surface area (Å²) in [5.74, 6) is 0.260. The van der Waals surface area contributed by atoms with Crippen molar-refractivity contribution in [2.75, 3.05) is 0 Å². The molecule has 0 unspecified atom stereocenters. The van der Waals surface area contributed by atoms with Crippen LogP contribution in [0.4, 0.5) is 0 Å². The number of hydrogen-bond donors (Lipinski definition) is 1. The van der Waals surface area contributed by atoms with Crippen LogP contribution >= 0.6 is 0 Å². The van der Waals surface area contributed by atoms with Gasteiger partial charge in [-0.3, -0.25) is 0 Å². The van der Waals surface area contributed by atoms with Gasteiger partial charge in [0.1, 0.15) is 5.75 Å². The Labute approximate surface area is 224 Å². The predicted molar refractivity (Wildman–Crippen MR) is 160 cm³/mol. The molecule has 0 heterocycles. The van der Waals surface area contributed by atoms with Crippen molar-refractivity contribution in [3.8, 4) is 61.4 Å². The summed E-state index contributed by atoms with van der Waals surface area (Å²) in [6, 6.07) is 50.3. The molecule has 1 nitrogen and oxygen atoms in total. The summed E-state index contributed by atoms with van der Waals surface area (Å²) in [6.07, 6.45) is 0. The SMILES string of the molecule is Cc1c(-c2ccccc2)c(-c2ccccc2)c(-c2ccccc2)c(-c2ccccc2)c1-c1cccc(O)c1. The van der Waals surface area contributed by atoms with E-state index in [2.05, 4.69) is 134 Å². The summed E-state index contributed by atoms with van der Waals surface area (Å²) < 4.78 is 0. The molecule has 1 N–H and O–H groups in total. The lowest BCUT2D eigenvalue weighted by molar-refractivity contribution is 0.475. The molecular weight excluding hydrogens is 460 g/mol. The highest BCUT2D eigenvalue weighted by Crippen LogP contribution is 2.52. The molecule has 1 heteroatoms. The zero-order chi connectivity index (χ0) is 25.9. The summed E-state index contributed by atoms with van der Waals surface area (Å²) >= 11 is 0. The second-order valence-corrected chi connectivity index (χ2v) is 9.51. The fraction of sp³-hybridized carbons (Fsp3) is 0.0270. The van der Waals surface area contributed by atoms with Crippen molar-refractivity contribution in [3.05, 3.63) is 151 Å². The summed E-state index contributed by atoms with van der Waals surface area (Å²) in [6.45, 7) is 2.22. The number of hydrogen-bond acceptors (Lipinski definition) is 1. The van der Waals surface area contributed by atoms with Crippen molar-refractivity contribution in [2.24, 2.45) is 0 Å². The average molecular weight is 489 g/mol. The topological polar surface area (TPSA) is 20.2 Å². The van der Waals surface area contributed by atoms with Crippen LogP contribution in [0.3, 0.4) is 0 Å². The monoisotopic (exact) mass is 488 g/mol. The minimum absolute atomic E-state index is 0.260. The molecule has 0 radical (unpaired) electrons. The van der Waals surface area contributed by atoms with E-state index in [4.69, 9.17) is 0 Å². The molecule has 0 fully saturated rings. The quantitative estimate of drug-likeness (QED) is 0.256. The average Bonchev–Trinajstić information content (AvgIpc) is 2.98. The van der Waals surface area contributed by atoms with E-state index in [0.29, 0.717) is 0 Å². The van der Waals surface area contributed by atoms with Crippen LogP contribution in [0.2, 0.25) is 0 Å². The van der Waals surface area contributed by atoms with Gasteiger partial charge in [0, 0.05) is 0 Å². The number of phenols is 1. The summed E-state index contributed by atoms with van der Waals surface area (Å²) in [5, 5.41) is 10.5. The molecule has 6 aromatic rings. The van der Waals surface area contributed by atoms with Gasteiger partial charge in [0.05, 0.1) is 0 Å². The Kier molecular flexibility index (Phi) is 6.34. The minimum atomic E-state index is 0.260. The van der Waals surface area contributed by atoms with Gasteiger partial charge in [0.25, 0.3) is 0 Å². The van der Waals surface area contributed by atoms with E-state index < -0.39 is 0 Å². The van der Waals surface area contributed by atoms with Crippen LogP contribution < -0.4 is 0 Å². The van der Waals surface area contributed by atoms with Gasteiger partial charge in [-0.25, -0.2) is 0 Å². The van der Waals surface area contributed by atoms with Gasteiger partial charge in [-0.1, -0.05) is 133 Å². The van der Waals surface area contributed by atoms with Crippen molar-refractivity contribution in [1.29, 1.82) is 0 Å². The molecule has 0 aliphatic heterocycles. The maximum Gasteiger partial charge on any atom is 0.116 e. The van der Waals surface area contributed by atoms with Crippen LogP contribution in [0, 0.1) is 6.92 Å². The Morgan fingerprint density at radius 3 is 1.05 bits per heavy atom. The van der Waals surface area contributed by atoms with E-state index in [1.807, 2.05) is 12.1 Å². The molecular formula is C37H28O. The highest BCUT2D eigenvalue weighted by molar-refractivity contribution is 6.09. The first-order valence-corrected chi connectivity index (χ1v) is 12.9. The fourth-order valence-electron chi connectivity index (χ4n) is 5.54. The Hall–Kier alpha value is -4.88. The third kappa shape index (κ3) is 4.29. The molecule has 0 saturated carbocycles. The van der Waals surface area contributed by atoms with E-state index >= 15 is 0 Å². The van der Waals surface area contributed by atoms with Crippen LogP contribution in [0.1, 0.15) is 5.56 Å². The lowest BCUT2D eigenvalue weighted by Crippen LogP contribution is -2.01. The third-order valence-electron chi connectivity index (χ3n) is 7.13. The highest BCUT2D eigenvalue weighted by atomic mass is 16.3. The first-order valence-electron chi connectivity index (χ1n) is 12.9. The third-order valence-corrected chi connectivity index (χ3v) is 7.13.